The molecule has 2 rings (SSSR count). The van der Waals surface area contributed by atoms with Crippen LogP contribution in [0.4, 0.5) is 0 Å². The van der Waals surface area contributed by atoms with Crippen LogP contribution in [0.3, 0.4) is 0 Å². The maximum Gasteiger partial charge on any atom is 0.0814 e. The molecule has 0 saturated carbocycles. The van der Waals surface area contributed by atoms with Crippen molar-refractivity contribution in [2.24, 2.45) is 4.99 Å². The number of allylic oxidation sites excluding steroid dienone is 2. The first kappa shape index (κ1) is 14.9. The Bertz CT molecular complexity index is 603. The van der Waals surface area contributed by atoms with E-state index in [-0.39, 0.29) is 0 Å². The fourth-order valence-electron chi connectivity index (χ4n) is 1.84. The van der Waals surface area contributed by atoms with Gasteiger partial charge in [-0.25, -0.2) is 0 Å². The quantitative estimate of drug-likeness (QED) is 0.827. The van der Waals surface area contributed by atoms with Crippen molar-refractivity contribution < 1.29 is 0 Å². The van der Waals surface area contributed by atoms with Gasteiger partial charge in [0.2, 0.25) is 0 Å². The highest BCUT2D eigenvalue weighted by atomic mass is 14.9. The summed E-state index contributed by atoms with van der Waals surface area (Å²) in [5.41, 5.74) is 4.05. The van der Waals surface area contributed by atoms with Gasteiger partial charge < -0.3 is 5.32 Å². The molecule has 21 heavy (non-hydrogen) atoms. The predicted octanol–water partition coefficient (Wildman–Crippen LogP) is 3.13. The lowest BCUT2D eigenvalue weighted by molar-refractivity contribution is 0.788. The lowest BCUT2D eigenvalue weighted by Crippen LogP contribution is -2.12. The summed E-state index contributed by atoms with van der Waals surface area (Å²) in [7, 11) is 0. The van der Waals surface area contributed by atoms with Gasteiger partial charge >= 0.3 is 0 Å². The van der Waals surface area contributed by atoms with E-state index >= 15 is 0 Å². The van der Waals surface area contributed by atoms with Crippen LogP contribution in [-0.4, -0.2) is 15.7 Å². The Hall–Kier alpha value is -2.49. The van der Waals surface area contributed by atoms with Crippen molar-refractivity contribution in [2.75, 3.05) is 0 Å². The fraction of sp³-hybridized carbons (Fsp3) is 0.235. The summed E-state index contributed by atoms with van der Waals surface area (Å²) in [6.07, 6.45) is 5.62. The van der Waals surface area contributed by atoms with Gasteiger partial charge in [-0.3, -0.25) is 15.0 Å². The topological polar surface area (TPSA) is 50.2 Å². The molecule has 0 saturated heterocycles. The van der Waals surface area contributed by atoms with Gasteiger partial charge in [0.1, 0.15) is 0 Å². The van der Waals surface area contributed by atoms with Crippen LogP contribution < -0.4 is 5.32 Å². The van der Waals surface area contributed by atoms with Crippen molar-refractivity contribution in [3.05, 3.63) is 72.0 Å². The predicted molar refractivity (Wildman–Crippen MR) is 85.9 cm³/mol. The lowest BCUT2D eigenvalue weighted by atomic mass is 10.3. The van der Waals surface area contributed by atoms with Crippen LogP contribution in [0, 0.1) is 0 Å². The first-order chi connectivity index (χ1) is 10.2. The van der Waals surface area contributed by atoms with Crippen LogP contribution in [0.1, 0.15) is 25.2 Å². The molecule has 108 valence electrons. The molecule has 0 unspecified atom stereocenters. The zero-order valence-electron chi connectivity index (χ0n) is 12.5. The Balaban J connectivity index is 1.86. The van der Waals surface area contributed by atoms with Crippen LogP contribution in [0.25, 0.3) is 0 Å². The summed E-state index contributed by atoms with van der Waals surface area (Å²) >= 11 is 0. The second-order valence-corrected chi connectivity index (χ2v) is 4.78. The van der Waals surface area contributed by atoms with Gasteiger partial charge in [0.25, 0.3) is 0 Å². The molecule has 0 fully saturated rings. The molecule has 4 nitrogen and oxygen atoms in total. The molecule has 0 bridgehead atoms. The molecule has 0 spiro atoms. The number of nitrogens with zero attached hydrogens (tertiary/aromatic N) is 3. The van der Waals surface area contributed by atoms with Crippen LogP contribution in [0.5, 0.6) is 0 Å². The summed E-state index contributed by atoms with van der Waals surface area (Å²) in [4.78, 5) is 13.0. The first-order valence-corrected chi connectivity index (χ1v) is 6.97. The molecule has 2 aromatic heterocycles. The molecular formula is C17H20N4. The second-order valence-electron chi connectivity index (χ2n) is 4.78. The molecule has 2 heterocycles. The van der Waals surface area contributed by atoms with Gasteiger partial charge in [-0.05, 0) is 44.2 Å². The normalized spacial score (nSPS) is 12.3. The fourth-order valence-corrected chi connectivity index (χ4v) is 1.84. The van der Waals surface area contributed by atoms with Crippen molar-refractivity contribution in [3.8, 4) is 0 Å². The highest BCUT2D eigenvalue weighted by Gasteiger charge is 1.95. The number of hydrogen-bond acceptors (Lipinski definition) is 4. The summed E-state index contributed by atoms with van der Waals surface area (Å²) < 4.78 is 0. The highest BCUT2D eigenvalue weighted by Crippen LogP contribution is 1.99. The number of hydrogen-bond donors (Lipinski definition) is 1. The minimum Gasteiger partial charge on any atom is -0.383 e. The van der Waals surface area contributed by atoms with E-state index in [9.17, 15) is 0 Å². The van der Waals surface area contributed by atoms with Gasteiger partial charge in [-0.2, -0.15) is 0 Å². The lowest BCUT2D eigenvalue weighted by Gasteiger charge is -2.06. The van der Waals surface area contributed by atoms with E-state index in [1.54, 1.807) is 12.4 Å². The average molecular weight is 280 g/mol. The second kappa shape index (κ2) is 7.94. The molecular weight excluding hydrogens is 260 g/mol. The van der Waals surface area contributed by atoms with Crippen LogP contribution >= 0.6 is 0 Å². The summed E-state index contributed by atoms with van der Waals surface area (Å²) in [5, 5.41) is 3.33. The average Bonchev–Trinajstić information content (AvgIpc) is 2.53. The molecule has 0 radical (unpaired) electrons. The Morgan fingerprint density at radius 1 is 1.05 bits per heavy atom. The van der Waals surface area contributed by atoms with E-state index in [1.165, 1.54) is 0 Å². The molecule has 1 N–H and O–H groups in total. The molecule has 0 aliphatic carbocycles. The molecule has 0 aliphatic rings. The van der Waals surface area contributed by atoms with Crippen LogP contribution in [-0.2, 0) is 13.1 Å². The third kappa shape index (κ3) is 5.57. The number of pyridine rings is 2. The van der Waals surface area contributed by atoms with Crippen molar-refractivity contribution in [2.45, 2.75) is 26.9 Å². The van der Waals surface area contributed by atoms with Crippen molar-refractivity contribution in [1.82, 2.24) is 15.3 Å². The zero-order valence-corrected chi connectivity index (χ0v) is 12.5. The largest absolute Gasteiger partial charge is 0.383 e. The van der Waals surface area contributed by atoms with Crippen LogP contribution in [0.15, 0.2) is 65.6 Å². The molecule has 4 heteroatoms. The Labute approximate surface area is 125 Å². The molecule has 0 aromatic carbocycles. The molecule has 0 atom stereocenters. The van der Waals surface area contributed by atoms with Gasteiger partial charge in [-0.15, -0.1) is 0 Å². The number of nitrogens with one attached hydrogen (secondary N) is 1. The van der Waals surface area contributed by atoms with Gasteiger partial charge in [0.05, 0.1) is 24.5 Å². The standard InChI is InChI=1S/C17H20N4/c1-14(20-12-16-7-3-5-9-18-16)11-15(2)21-13-17-8-4-6-10-19-17/h3-11,20H,12-13H2,1-2H3/b14-11-,21-15?. The molecule has 0 amide bonds. The zero-order chi connectivity index (χ0) is 14.9. The van der Waals surface area contributed by atoms with Crippen LogP contribution in [0.2, 0.25) is 0 Å². The Kier molecular flexibility index (Phi) is 5.64. The molecule has 2 aromatic rings. The van der Waals surface area contributed by atoms with Crippen molar-refractivity contribution in [1.29, 1.82) is 0 Å². The SMILES string of the molecule is CC(/C=C(/C)NCc1ccccn1)=NCc1ccccn1. The molecule has 0 aliphatic heterocycles. The monoisotopic (exact) mass is 280 g/mol. The van der Waals surface area contributed by atoms with E-state index in [0.717, 1.165) is 29.3 Å². The highest BCUT2D eigenvalue weighted by molar-refractivity contribution is 5.93. The minimum absolute atomic E-state index is 0.608. The first-order valence-electron chi connectivity index (χ1n) is 6.97. The minimum atomic E-state index is 0.608. The van der Waals surface area contributed by atoms with E-state index < -0.39 is 0 Å². The third-order valence-electron chi connectivity index (χ3n) is 2.92. The van der Waals surface area contributed by atoms with E-state index in [0.29, 0.717) is 6.54 Å². The Morgan fingerprint density at radius 3 is 2.33 bits per heavy atom. The number of aliphatic imine (C=N–C) groups is 1. The van der Waals surface area contributed by atoms with E-state index in [2.05, 4.69) is 20.3 Å². The number of aromatic nitrogens is 2. The maximum absolute atomic E-state index is 4.51. The smallest absolute Gasteiger partial charge is 0.0814 e. The van der Waals surface area contributed by atoms with Crippen molar-refractivity contribution >= 4 is 5.71 Å². The van der Waals surface area contributed by atoms with E-state index in [4.69, 9.17) is 0 Å². The summed E-state index contributed by atoms with van der Waals surface area (Å²) in [6, 6.07) is 11.8. The van der Waals surface area contributed by atoms with Gasteiger partial charge in [0.15, 0.2) is 0 Å². The van der Waals surface area contributed by atoms with Crippen molar-refractivity contribution in [3.63, 3.8) is 0 Å². The number of rotatable bonds is 6. The summed E-state index contributed by atoms with van der Waals surface area (Å²) in [6.45, 7) is 5.35. The van der Waals surface area contributed by atoms with Gasteiger partial charge in [0, 0.05) is 23.8 Å². The van der Waals surface area contributed by atoms with Gasteiger partial charge in [-0.1, -0.05) is 12.1 Å². The maximum atomic E-state index is 4.51. The summed E-state index contributed by atoms with van der Waals surface area (Å²) in [5.74, 6) is 0. The Morgan fingerprint density at radius 2 is 1.71 bits per heavy atom. The third-order valence-corrected chi connectivity index (χ3v) is 2.92. The van der Waals surface area contributed by atoms with E-state index in [1.807, 2.05) is 56.3 Å².